The molecule has 2 aromatic carbocycles. The van der Waals surface area contributed by atoms with Gasteiger partial charge in [0.05, 0.1) is 13.1 Å². The summed E-state index contributed by atoms with van der Waals surface area (Å²) in [5.41, 5.74) is 8.33. The predicted molar refractivity (Wildman–Crippen MR) is 140 cm³/mol. The minimum atomic E-state index is -0.306. The number of nitrogens with one attached hydrogen (secondary N) is 1. The van der Waals surface area contributed by atoms with E-state index < -0.39 is 0 Å². The summed E-state index contributed by atoms with van der Waals surface area (Å²) >= 11 is 3.61. The van der Waals surface area contributed by atoms with Crippen molar-refractivity contribution in [3.05, 3.63) is 86.9 Å². The molecule has 4 aromatic rings. The molecule has 0 aliphatic heterocycles. The maximum Gasteiger partial charge on any atom is 0.280 e. The number of fused-ring (bicyclic) bond motifs is 1. The summed E-state index contributed by atoms with van der Waals surface area (Å²) in [4.78, 5) is 35.5. The fourth-order valence-corrected chi connectivity index (χ4v) is 5.01. The molecule has 0 bridgehead atoms. The van der Waals surface area contributed by atoms with E-state index in [0.717, 1.165) is 35.7 Å². The van der Waals surface area contributed by atoms with Crippen molar-refractivity contribution in [2.24, 2.45) is 5.73 Å². The summed E-state index contributed by atoms with van der Waals surface area (Å²) in [6.45, 7) is 0.317. The Morgan fingerprint density at radius 2 is 1.83 bits per heavy atom. The van der Waals surface area contributed by atoms with Crippen molar-refractivity contribution < 1.29 is 4.79 Å². The molecule has 0 saturated heterocycles. The van der Waals surface area contributed by atoms with Crippen molar-refractivity contribution in [3.63, 3.8) is 0 Å². The van der Waals surface area contributed by atoms with Crippen molar-refractivity contribution in [1.82, 2.24) is 19.1 Å². The number of anilines is 1. The maximum absolute atomic E-state index is 13.6. The molecular formula is C26H27BrN6O2. The first-order valence-electron chi connectivity index (χ1n) is 11.8. The molecule has 9 heteroatoms. The van der Waals surface area contributed by atoms with E-state index in [0.29, 0.717) is 29.2 Å². The van der Waals surface area contributed by atoms with Crippen LogP contribution in [0.5, 0.6) is 0 Å². The Kier molecular flexibility index (Phi) is 6.79. The van der Waals surface area contributed by atoms with Crippen molar-refractivity contribution in [3.8, 4) is 0 Å². The number of halogens is 1. The number of ketones is 1. The Labute approximate surface area is 211 Å². The molecule has 0 spiro atoms. The van der Waals surface area contributed by atoms with Crippen LogP contribution < -0.4 is 16.6 Å². The first kappa shape index (κ1) is 23.4. The van der Waals surface area contributed by atoms with Crippen LogP contribution in [0.25, 0.3) is 11.2 Å². The van der Waals surface area contributed by atoms with Crippen LogP contribution in [0.15, 0.2) is 70.2 Å². The lowest BCUT2D eigenvalue weighted by Crippen LogP contribution is -2.43. The van der Waals surface area contributed by atoms with E-state index >= 15 is 0 Å². The number of carbonyl (C=O) groups is 1. The van der Waals surface area contributed by atoms with E-state index in [-0.39, 0.29) is 30.0 Å². The van der Waals surface area contributed by atoms with Crippen LogP contribution in [0.2, 0.25) is 0 Å². The minimum absolute atomic E-state index is 0.0218. The monoisotopic (exact) mass is 534 g/mol. The van der Waals surface area contributed by atoms with Gasteiger partial charge in [-0.25, -0.2) is 4.98 Å². The molecule has 1 aliphatic rings. The number of nitrogens with zero attached hydrogens (tertiary/aromatic N) is 4. The minimum Gasteiger partial charge on any atom is -0.351 e. The van der Waals surface area contributed by atoms with E-state index in [1.165, 1.54) is 10.9 Å². The van der Waals surface area contributed by atoms with Gasteiger partial charge in [0.25, 0.3) is 5.56 Å². The Hall–Kier alpha value is -3.30. The van der Waals surface area contributed by atoms with Crippen LogP contribution in [0.3, 0.4) is 0 Å². The molecule has 0 unspecified atom stereocenters. The molecule has 8 nitrogen and oxygen atoms in total. The van der Waals surface area contributed by atoms with E-state index in [9.17, 15) is 9.59 Å². The van der Waals surface area contributed by atoms with Gasteiger partial charge in [0.2, 0.25) is 5.95 Å². The molecule has 1 fully saturated rings. The number of nitrogens with two attached hydrogens (primary N) is 1. The number of Topliss-reactive ketones (excluding diaryl/α,β-unsaturated/α-hetero) is 1. The molecule has 2 aromatic heterocycles. The molecule has 2 heterocycles. The number of imidazole rings is 1. The Balaban J connectivity index is 1.57. The van der Waals surface area contributed by atoms with Gasteiger partial charge in [0, 0.05) is 22.1 Å². The van der Waals surface area contributed by atoms with Gasteiger partial charge >= 0.3 is 0 Å². The van der Waals surface area contributed by atoms with Gasteiger partial charge in [0.1, 0.15) is 6.33 Å². The Bertz CT molecular complexity index is 1410. The van der Waals surface area contributed by atoms with Gasteiger partial charge in [-0.15, -0.1) is 0 Å². The zero-order chi connectivity index (χ0) is 24.4. The fourth-order valence-electron chi connectivity index (χ4n) is 4.60. The van der Waals surface area contributed by atoms with Crippen LogP contribution in [-0.2, 0) is 13.1 Å². The normalized spacial score (nSPS) is 18.0. The van der Waals surface area contributed by atoms with E-state index in [2.05, 4.69) is 31.2 Å². The van der Waals surface area contributed by atoms with E-state index in [4.69, 9.17) is 5.73 Å². The second-order valence-electron chi connectivity index (χ2n) is 8.95. The quantitative estimate of drug-likeness (QED) is 0.347. The molecule has 1 saturated carbocycles. The molecule has 35 heavy (non-hydrogen) atoms. The standard InChI is InChI=1S/C26H27BrN6O2/c27-19-11-5-4-10-18(19)14-33-23-24(31-26(33)30-21-13-7-6-12-20(21)28)29-16-32(25(23)35)15-22(34)17-8-2-1-3-9-17/h1-5,8-11,16,20-21H,6-7,12-15,28H2,(H,30,31)/t20-,21+/m0/s1. The third-order valence-corrected chi connectivity index (χ3v) is 7.34. The second kappa shape index (κ2) is 10.1. The summed E-state index contributed by atoms with van der Waals surface area (Å²) < 4.78 is 4.15. The molecule has 2 atom stereocenters. The first-order valence-corrected chi connectivity index (χ1v) is 12.6. The predicted octanol–water partition coefficient (Wildman–Crippen LogP) is 3.97. The highest BCUT2D eigenvalue weighted by molar-refractivity contribution is 9.10. The highest BCUT2D eigenvalue weighted by atomic mass is 79.9. The molecule has 180 valence electrons. The number of aromatic nitrogens is 4. The molecule has 0 radical (unpaired) electrons. The van der Waals surface area contributed by atoms with Crippen molar-refractivity contribution in [1.29, 1.82) is 0 Å². The first-order chi connectivity index (χ1) is 17.0. The van der Waals surface area contributed by atoms with E-state index in [1.54, 1.807) is 24.3 Å². The second-order valence-corrected chi connectivity index (χ2v) is 9.81. The smallest absolute Gasteiger partial charge is 0.280 e. The van der Waals surface area contributed by atoms with Gasteiger partial charge in [-0.3, -0.25) is 18.7 Å². The van der Waals surface area contributed by atoms with Crippen LogP contribution in [-0.4, -0.2) is 37.0 Å². The number of carbonyl (C=O) groups excluding carboxylic acids is 1. The molecule has 0 amide bonds. The van der Waals surface area contributed by atoms with Crippen molar-refractivity contribution in [2.45, 2.75) is 50.9 Å². The van der Waals surface area contributed by atoms with Crippen LogP contribution in [0, 0.1) is 0 Å². The third-order valence-electron chi connectivity index (χ3n) is 6.56. The topological polar surface area (TPSA) is 108 Å². The summed E-state index contributed by atoms with van der Waals surface area (Å²) in [7, 11) is 0. The summed E-state index contributed by atoms with van der Waals surface area (Å²) in [6.07, 6.45) is 5.52. The largest absolute Gasteiger partial charge is 0.351 e. The van der Waals surface area contributed by atoms with Crippen LogP contribution in [0.4, 0.5) is 5.95 Å². The van der Waals surface area contributed by atoms with E-state index in [1.807, 2.05) is 34.9 Å². The van der Waals surface area contributed by atoms with Gasteiger partial charge < -0.3 is 11.1 Å². The zero-order valence-corrected chi connectivity index (χ0v) is 20.8. The SMILES string of the molecule is N[C@H]1CCCC[C@H]1Nc1nc2ncn(CC(=O)c3ccccc3)c(=O)c2n1Cc1ccccc1Br. The van der Waals surface area contributed by atoms with Gasteiger partial charge in [-0.05, 0) is 24.5 Å². The number of hydrogen-bond acceptors (Lipinski definition) is 6. The zero-order valence-electron chi connectivity index (χ0n) is 19.2. The third kappa shape index (κ3) is 4.92. The summed E-state index contributed by atoms with van der Waals surface area (Å²) in [5.74, 6) is 0.409. The number of hydrogen-bond donors (Lipinski definition) is 2. The number of rotatable bonds is 7. The van der Waals surface area contributed by atoms with Crippen molar-refractivity contribution in [2.75, 3.05) is 5.32 Å². The van der Waals surface area contributed by atoms with Crippen molar-refractivity contribution >= 4 is 38.8 Å². The van der Waals surface area contributed by atoms with Gasteiger partial charge in [-0.1, -0.05) is 77.3 Å². The fraction of sp³-hybridized carbons (Fsp3) is 0.308. The summed E-state index contributed by atoms with van der Waals surface area (Å²) in [6, 6.07) is 16.9. The maximum atomic E-state index is 13.6. The molecule has 5 rings (SSSR count). The molecule has 1 aliphatic carbocycles. The Morgan fingerprint density at radius 1 is 1.09 bits per heavy atom. The lowest BCUT2D eigenvalue weighted by atomic mass is 9.91. The van der Waals surface area contributed by atoms with Crippen LogP contribution >= 0.6 is 15.9 Å². The van der Waals surface area contributed by atoms with Gasteiger partial charge in [-0.2, -0.15) is 4.98 Å². The van der Waals surface area contributed by atoms with Gasteiger partial charge in [0.15, 0.2) is 16.9 Å². The number of benzene rings is 2. The highest BCUT2D eigenvalue weighted by Gasteiger charge is 2.25. The lowest BCUT2D eigenvalue weighted by Gasteiger charge is -2.29. The Morgan fingerprint density at radius 3 is 2.60 bits per heavy atom. The molecule has 3 N–H and O–H groups in total. The van der Waals surface area contributed by atoms with Crippen LogP contribution in [0.1, 0.15) is 41.6 Å². The average molecular weight is 535 g/mol. The molecular weight excluding hydrogens is 508 g/mol. The average Bonchev–Trinajstić information content (AvgIpc) is 3.21. The lowest BCUT2D eigenvalue weighted by molar-refractivity contribution is 0.0970. The summed E-state index contributed by atoms with van der Waals surface area (Å²) in [5, 5.41) is 3.50. The highest BCUT2D eigenvalue weighted by Crippen LogP contribution is 2.25.